The van der Waals surface area contributed by atoms with Gasteiger partial charge in [-0.2, -0.15) is 5.10 Å². The van der Waals surface area contributed by atoms with Gasteiger partial charge in [0.05, 0.1) is 10.6 Å². The van der Waals surface area contributed by atoms with Crippen LogP contribution in [0.1, 0.15) is 29.9 Å². The van der Waals surface area contributed by atoms with E-state index in [2.05, 4.69) is 37.7 Å². The Hall–Kier alpha value is -3.31. The minimum atomic E-state index is -0.335. The van der Waals surface area contributed by atoms with Gasteiger partial charge in [-0.1, -0.05) is 23.5 Å². The highest BCUT2D eigenvalue weighted by Gasteiger charge is 2.18. The number of aromatic nitrogens is 4. The quantitative estimate of drug-likeness (QED) is 0.311. The number of nitrogens with zero attached hydrogens (tertiary/aromatic N) is 3. The second-order valence-electron chi connectivity index (χ2n) is 6.97. The summed E-state index contributed by atoms with van der Waals surface area (Å²) in [7, 11) is 0. The summed E-state index contributed by atoms with van der Waals surface area (Å²) >= 11 is 6.57. The number of anilines is 2. The molecular formula is C20H23N7O2S2. The van der Waals surface area contributed by atoms with E-state index >= 15 is 0 Å². The molecule has 9 nitrogen and oxygen atoms in total. The summed E-state index contributed by atoms with van der Waals surface area (Å²) < 4.78 is 2.30. The van der Waals surface area contributed by atoms with E-state index in [9.17, 15) is 9.59 Å². The van der Waals surface area contributed by atoms with Crippen LogP contribution in [0.4, 0.5) is 15.6 Å². The first-order chi connectivity index (χ1) is 14.8. The first-order valence-corrected chi connectivity index (χ1v) is 10.7. The summed E-state index contributed by atoms with van der Waals surface area (Å²) in [6, 6.07) is 6.35. The van der Waals surface area contributed by atoms with E-state index in [0.717, 1.165) is 10.6 Å². The van der Waals surface area contributed by atoms with Gasteiger partial charge >= 0.3 is 6.03 Å². The normalized spacial score (nSPS) is 10.7. The number of nitrogens with one attached hydrogen (secondary N) is 4. The van der Waals surface area contributed by atoms with Crippen molar-refractivity contribution in [1.29, 1.82) is 0 Å². The van der Waals surface area contributed by atoms with Crippen LogP contribution in [-0.2, 0) is 6.54 Å². The third-order valence-electron chi connectivity index (χ3n) is 4.09. The summed E-state index contributed by atoms with van der Waals surface area (Å²) in [6.07, 6.45) is 1.73. The number of H-pyrrole nitrogens is 1. The summed E-state index contributed by atoms with van der Waals surface area (Å²) in [6.45, 7) is 9.83. The van der Waals surface area contributed by atoms with Crippen molar-refractivity contribution in [1.82, 2.24) is 25.1 Å². The van der Waals surface area contributed by atoms with Gasteiger partial charge < -0.3 is 10.6 Å². The van der Waals surface area contributed by atoms with Crippen LogP contribution in [0.25, 0.3) is 10.7 Å². The predicted octanol–water partition coefficient (Wildman–Crippen LogP) is 4.34. The van der Waals surface area contributed by atoms with Crippen molar-refractivity contribution in [3.05, 3.63) is 52.9 Å². The number of rotatable bonds is 7. The fraction of sp³-hybridized carbons (Fsp3) is 0.250. The lowest BCUT2D eigenvalue weighted by Gasteiger charge is -2.10. The number of thiazole rings is 1. The van der Waals surface area contributed by atoms with Crippen LogP contribution in [0, 0.1) is 11.7 Å². The van der Waals surface area contributed by atoms with Gasteiger partial charge in [-0.05, 0) is 51.2 Å². The maximum absolute atomic E-state index is 12.7. The van der Waals surface area contributed by atoms with Gasteiger partial charge in [0, 0.05) is 23.8 Å². The standard InChI is InChI=1S/C20H23N7O2S2/c1-5-9-27-16(25-26-20(27)30)15-12(4)22-19(31-15)24-17(28)13-7-6-8-14(10-13)23-18(29)21-11(2)3/h5-8,10-11H,1,9H2,2-4H3,(H,26,30)(H2,21,23,29)(H,22,24,28). The van der Waals surface area contributed by atoms with E-state index in [0.29, 0.717) is 33.5 Å². The van der Waals surface area contributed by atoms with Gasteiger partial charge in [0.15, 0.2) is 15.7 Å². The maximum atomic E-state index is 12.7. The average Bonchev–Trinajstić information content (AvgIpc) is 3.23. The zero-order valence-corrected chi connectivity index (χ0v) is 19.0. The lowest BCUT2D eigenvalue weighted by atomic mass is 10.2. The summed E-state index contributed by atoms with van der Waals surface area (Å²) in [5.41, 5.74) is 1.63. The van der Waals surface area contributed by atoms with Crippen LogP contribution in [0.2, 0.25) is 0 Å². The molecule has 31 heavy (non-hydrogen) atoms. The highest BCUT2D eigenvalue weighted by Crippen LogP contribution is 2.32. The molecule has 0 spiro atoms. The highest BCUT2D eigenvalue weighted by molar-refractivity contribution is 7.71. The Labute approximate surface area is 188 Å². The molecule has 0 aliphatic carbocycles. The topological polar surface area (TPSA) is 117 Å². The number of aryl methyl sites for hydroxylation is 1. The van der Waals surface area contributed by atoms with Gasteiger partial charge in [0.1, 0.15) is 0 Å². The monoisotopic (exact) mass is 457 g/mol. The summed E-state index contributed by atoms with van der Waals surface area (Å²) in [5.74, 6) is 0.306. The average molecular weight is 458 g/mol. The predicted molar refractivity (Wildman–Crippen MR) is 125 cm³/mol. The Morgan fingerprint density at radius 3 is 2.84 bits per heavy atom. The molecule has 162 valence electrons. The third kappa shape index (κ3) is 5.44. The molecule has 0 fully saturated rings. The molecule has 3 rings (SSSR count). The first-order valence-electron chi connectivity index (χ1n) is 9.51. The second kappa shape index (κ2) is 9.67. The van der Waals surface area contributed by atoms with E-state index < -0.39 is 0 Å². The number of carbonyl (C=O) groups excluding carboxylic acids is 2. The largest absolute Gasteiger partial charge is 0.336 e. The third-order valence-corrected chi connectivity index (χ3v) is 5.47. The molecule has 0 aliphatic rings. The smallest absolute Gasteiger partial charge is 0.319 e. The number of hydrogen-bond acceptors (Lipinski definition) is 6. The van der Waals surface area contributed by atoms with Gasteiger partial charge in [-0.25, -0.2) is 9.78 Å². The zero-order chi connectivity index (χ0) is 22.5. The van der Waals surface area contributed by atoms with E-state index in [1.165, 1.54) is 11.3 Å². The Morgan fingerprint density at radius 2 is 2.13 bits per heavy atom. The van der Waals surface area contributed by atoms with Gasteiger partial charge in [-0.3, -0.25) is 19.8 Å². The van der Waals surface area contributed by atoms with E-state index in [4.69, 9.17) is 12.2 Å². The number of hydrogen-bond donors (Lipinski definition) is 4. The highest BCUT2D eigenvalue weighted by atomic mass is 32.1. The van der Waals surface area contributed by atoms with Crippen LogP contribution in [0.3, 0.4) is 0 Å². The molecule has 2 heterocycles. The fourth-order valence-electron chi connectivity index (χ4n) is 2.78. The number of urea groups is 1. The molecule has 3 amide bonds. The molecule has 0 saturated heterocycles. The van der Waals surface area contributed by atoms with Crippen molar-refractivity contribution in [3.63, 3.8) is 0 Å². The molecule has 0 unspecified atom stereocenters. The van der Waals surface area contributed by atoms with E-state index in [1.54, 1.807) is 30.3 Å². The van der Waals surface area contributed by atoms with E-state index in [1.807, 2.05) is 25.3 Å². The first kappa shape index (κ1) is 22.4. The number of allylic oxidation sites excluding steroid dienone is 1. The Morgan fingerprint density at radius 1 is 1.35 bits per heavy atom. The molecule has 0 atom stereocenters. The van der Waals surface area contributed by atoms with Crippen molar-refractivity contribution in [3.8, 4) is 10.7 Å². The lowest BCUT2D eigenvalue weighted by Crippen LogP contribution is -2.34. The van der Waals surface area contributed by atoms with Crippen LogP contribution in [-0.4, -0.2) is 37.7 Å². The number of benzene rings is 1. The fourth-order valence-corrected chi connectivity index (χ4v) is 3.95. The molecule has 11 heteroatoms. The SMILES string of the molecule is C=CCn1c(-c2sc(NC(=O)c3cccc(NC(=O)NC(C)C)c3)nc2C)n[nH]c1=S. The molecule has 4 N–H and O–H groups in total. The van der Waals surface area contributed by atoms with Crippen LogP contribution in [0.15, 0.2) is 36.9 Å². The van der Waals surface area contributed by atoms with Gasteiger partial charge in [0.25, 0.3) is 5.91 Å². The number of carbonyl (C=O) groups is 2. The minimum absolute atomic E-state index is 0.00486. The zero-order valence-electron chi connectivity index (χ0n) is 17.4. The van der Waals surface area contributed by atoms with Crippen LogP contribution < -0.4 is 16.0 Å². The molecule has 1 aromatic carbocycles. The van der Waals surface area contributed by atoms with Crippen molar-refractivity contribution < 1.29 is 9.59 Å². The van der Waals surface area contributed by atoms with Gasteiger partial charge in [0.2, 0.25) is 0 Å². The summed E-state index contributed by atoms with van der Waals surface area (Å²) in [4.78, 5) is 29.9. The molecule has 0 saturated carbocycles. The van der Waals surface area contributed by atoms with Crippen LogP contribution in [0.5, 0.6) is 0 Å². The van der Waals surface area contributed by atoms with Crippen LogP contribution >= 0.6 is 23.6 Å². The van der Waals surface area contributed by atoms with Gasteiger partial charge in [-0.15, -0.1) is 6.58 Å². The van der Waals surface area contributed by atoms with Crippen molar-refractivity contribution >= 4 is 46.3 Å². The van der Waals surface area contributed by atoms with Crippen molar-refractivity contribution in [2.75, 3.05) is 10.6 Å². The van der Waals surface area contributed by atoms with E-state index in [-0.39, 0.29) is 18.0 Å². The number of amides is 3. The minimum Gasteiger partial charge on any atom is -0.336 e. The summed E-state index contributed by atoms with van der Waals surface area (Å²) in [5, 5.41) is 15.8. The molecule has 0 aliphatic heterocycles. The Balaban J connectivity index is 1.77. The molecular weight excluding hydrogens is 434 g/mol. The molecule has 2 aromatic heterocycles. The van der Waals surface area contributed by atoms with Crippen molar-refractivity contribution in [2.45, 2.75) is 33.4 Å². The molecule has 0 bridgehead atoms. The maximum Gasteiger partial charge on any atom is 0.319 e. The molecule has 3 aromatic rings. The Bertz CT molecular complexity index is 1180. The lowest BCUT2D eigenvalue weighted by molar-refractivity contribution is 0.102. The second-order valence-corrected chi connectivity index (χ2v) is 8.36. The number of aromatic amines is 1. The Kier molecular flexibility index (Phi) is 6.98. The molecule has 0 radical (unpaired) electrons. The van der Waals surface area contributed by atoms with Crippen molar-refractivity contribution in [2.24, 2.45) is 0 Å².